The summed E-state index contributed by atoms with van der Waals surface area (Å²) in [7, 11) is 7.06. The highest BCUT2D eigenvalue weighted by Gasteiger charge is 2.25. The number of aromatic carboxylic acids is 1. The fourth-order valence-electron chi connectivity index (χ4n) is 5.24. The van der Waals surface area contributed by atoms with Crippen LogP contribution in [0.4, 0.5) is 0 Å². The molecule has 0 amide bonds. The van der Waals surface area contributed by atoms with Crippen molar-refractivity contribution < 1.29 is 28.9 Å². The minimum Gasteiger partial charge on any atom is -0.477 e. The quantitative estimate of drug-likeness (QED) is 0.133. The number of carbonyl (C=O) groups excluding carboxylic acids is 1. The van der Waals surface area contributed by atoms with Crippen molar-refractivity contribution in [1.29, 1.82) is 0 Å². The summed E-state index contributed by atoms with van der Waals surface area (Å²) in [6, 6.07) is 7.58. The van der Waals surface area contributed by atoms with E-state index in [1.807, 2.05) is 74.3 Å². The van der Waals surface area contributed by atoms with Crippen LogP contribution in [0.2, 0.25) is 10.0 Å². The van der Waals surface area contributed by atoms with Gasteiger partial charge in [0.2, 0.25) is 0 Å². The van der Waals surface area contributed by atoms with Crippen molar-refractivity contribution in [2.45, 2.75) is 39.6 Å². The molecule has 2 aromatic carbocycles. The smallest absolute Gasteiger partial charge is 0.348 e. The Bertz CT molecular complexity index is 1700. The highest BCUT2D eigenvalue weighted by Crippen LogP contribution is 2.40. The minimum absolute atomic E-state index is 0.249. The molecule has 2 aromatic heterocycles. The van der Waals surface area contributed by atoms with Crippen molar-refractivity contribution in [2.75, 3.05) is 41.5 Å². The zero-order chi connectivity index (χ0) is 32.1. The zero-order valence-corrected chi connectivity index (χ0v) is 28.7. The third-order valence-electron chi connectivity index (χ3n) is 7.27. The van der Waals surface area contributed by atoms with Crippen LogP contribution in [0.25, 0.3) is 26.2 Å². The standard InChI is InChI=1S/C17H22ClNO4S.C15H14ClNO2S/c1-5-10-12(18)6-7-13-15(10)11(16(24-13)17(20)21)8-19(2)9-14(22-3)23-4;1-3-19-15(18)14-10-8-17(2)7-6-9-11(16)4-5-12(20-14)13(9)10/h6-7,14H,5,8-9H2,1-4H3,(H,20,21);4-7H,3,8H2,1-2H3. The maximum Gasteiger partial charge on any atom is 0.348 e. The van der Waals surface area contributed by atoms with Gasteiger partial charge in [0.25, 0.3) is 0 Å². The number of esters is 1. The number of carboxylic acid groups (broad SMARTS) is 1. The predicted molar refractivity (Wildman–Crippen MR) is 181 cm³/mol. The highest BCUT2D eigenvalue weighted by molar-refractivity contribution is 7.21. The van der Waals surface area contributed by atoms with E-state index in [-0.39, 0.29) is 12.3 Å². The number of carboxylic acids is 1. The third kappa shape index (κ3) is 7.23. The van der Waals surface area contributed by atoms with Gasteiger partial charge in [-0.15, -0.1) is 22.7 Å². The number of rotatable bonds is 10. The second kappa shape index (κ2) is 15.1. The van der Waals surface area contributed by atoms with Crippen LogP contribution in [0, 0.1) is 0 Å². The number of likely N-dealkylation sites (N-methyl/N-ethyl adjacent to an activating group) is 1. The van der Waals surface area contributed by atoms with Crippen molar-refractivity contribution in [3.05, 3.63) is 72.5 Å². The molecule has 4 aromatic rings. The number of nitrogens with zero attached hydrogens (tertiary/aromatic N) is 2. The monoisotopic (exact) mass is 678 g/mol. The molecular weight excluding hydrogens is 643 g/mol. The van der Waals surface area contributed by atoms with Crippen LogP contribution in [0.1, 0.15) is 55.4 Å². The van der Waals surface area contributed by atoms with Gasteiger partial charge in [-0.25, -0.2) is 9.59 Å². The van der Waals surface area contributed by atoms with Gasteiger partial charge in [0.1, 0.15) is 9.75 Å². The van der Waals surface area contributed by atoms with E-state index >= 15 is 0 Å². The van der Waals surface area contributed by atoms with Crippen LogP contribution in [0.5, 0.6) is 0 Å². The summed E-state index contributed by atoms with van der Waals surface area (Å²) in [6.45, 7) is 5.92. The Labute approximate surface area is 275 Å². The summed E-state index contributed by atoms with van der Waals surface area (Å²) in [4.78, 5) is 28.9. The average Bonchev–Trinajstić information content (AvgIpc) is 3.48. The van der Waals surface area contributed by atoms with Gasteiger partial charge in [-0.2, -0.15) is 0 Å². The molecular formula is C32H36Cl2N2O6S2. The van der Waals surface area contributed by atoms with Crippen LogP contribution in [-0.4, -0.2) is 74.6 Å². The van der Waals surface area contributed by atoms with E-state index in [1.54, 1.807) is 14.2 Å². The van der Waals surface area contributed by atoms with Crippen LogP contribution < -0.4 is 0 Å². The zero-order valence-electron chi connectivity index (χ0n) is 25.5. The van der Waals surface area contributed by atoms with E-state index in [0.29, 0.717) is 46.0 Å². The molecule has 3 heterocycles. The van der Waals surface area contributed by atoms with Crippen molar-refractivity contribution in [1.82, 2.24) is 9.80 Å². The molecule has 0 bridgehead atoms. The second-order valence-electron chi connectivity index (χ2n) is 10.3. The molecule has 0 fully saturated rings. The lowest BCUT2D eigenvalue weighted by Gasteiger charge is -2.22. The topological polar surface area (TPSA) is 88.5 Å². The number of methoxy groups -OCH3 is 2. The molecule has 0 atom stereocenters. The summed E-state index contributed by atoms with van der Waals surface area (Å²) in [6.07, 6.45) is 4.38. The van der Waals surface area contributed by atoms with Crippen LogP contribution >= 0.6 is 45.9 Å². The molecule has 0 spiro atoms. The summed E-state index contributed by atoms with van der Waals surface area (Å²) >= 11 is 15.4. The number of hydrogen-bond donors (Lipinski definition) is 1. The summed E-state index contributed by atoms with van der Waals surface area (Å²) in [5, 5.41) is 13.0. The number of aryl methyl sites for hydroxylation is 1. The second-order valence-corrected chi connectivity index (χ2v) is 13.2. The average molecular weight is 680 g/mol. The molecule has 0 saturated carbocycles. The molecule has 1 aliphatic heterocycles. The van der Waals surface area contributed by atoms with E-state index < -0.39 is 5.97 Å². The Morgan fingerprint density at radius 1 is 1.00 bits per heavy atom. The fourth-order valence-corrected chi connectivity index (χ4v) is 7.96. The number of thiophene rings is 2. The molecule has 12 heteroatoms. The van der Waals surface area contributed by atoms with E-state index in [9.17, 15) is 14.7 Å². The number of benzene rings is 2. The molecule has 1 N–H and O–H groups in total. The lowest BCUT2D eigenvalue weighted by molar-refractivity contribution is -0.114. The van der Waals surface area contributed by atoms with Crippen molar-refractivity contribution >= 4 is 84.1 Å². The Balaban J connectivity index is 0.000000204. The number of ether oxygens (including phenoxy) is 3. The van der Waals surface area contributed by atoms with Gasteiger partial charge in [-0.3, -0.25) is 4.90 Å². The first kappa shape index (κ1) is 34.2. The van der Waals surface area contributed by atoms with E-state index in [0.717, 1.165) is 48.8 Å². The van der Waals surface area contributed by atoms with Gasteiger partial charge in [-0.1, -0.05) is 30.1 Å². The normalized spacial score (nSPS) is 12.6. The number of carbonyl (C=O) groups is 2. The molecule has 0 aliphatic carbocycles. The maximum atomic E-state index is 12.1. The molecule has 0 saturated heterocycles. The first-order chi connectivity index (χ1) is 21.0. The SMILES string of the molecule is CCOC(=O)c1sc2ccc(Cl)c3c2c1CN(C)C=C3.CCc1c(Cl)ccc2sc(C(=O)O)c(CN(C)CC(OC)OC)c12. The van der Waals surface area contributed by atoms with Gasteiger partial charge in [0.05, 0.1) is 6.61 Å². The predicted octanol–water partition coefficient (Wildman–Crippen LogP) is 8.01. The summed E-state index contributed by atoms with van der Waals surface area (Å²) in [5.74, 6) is -1.16. The number of fused-ring (bicyclic) bond motifs is 1. The van der Waals surface area contributed by atoms with Crippen LogP contribution in [-0.2, 0) is 33.7 Å². The molecule has 236 valence electrons. The van der Waals surface area contributed by atoms with Gasteiger partial charge >= 0.3 is 11.9 Å². The van der Waals surface area contributed by atoms with Gasteiger partial charge in [0, 0.05) is 82.2 Å². The highest BCUT2D eigenvalue weighted by atomic mass is 35.5. The largest absolute Gasteiger partial charge is 0.477 e. The minimum atomic E-state index is -0.909. The van der Waals surface area contributed by atoms with Gasteiger partial charge in [0.15, 0.2) is 6.29 Å². The van der Waals surface area contributed by atoms with Crippen molar-refractivity contribution in [3.8, 4) is 0 Å². The Morgan fingerprint density at radius 3 is 2.25 bits per heavy atom. The molecule has 0 unspecified atom stereocenters. The van der Waals surface area contributed by atoms with Crippen molar-refractivity contribution in [3.63, 3.8) is 0 Å². The fraction of sp³-hybridized carbons (Fsp3) is 0.375. The number of hydrogen-bond acceptors (Lipinski definition) is 9. The van der Waals surface area contributed by atoms with E-state index in [1.165, 1.54) is 22.7 Å². The Hall–Kier alpha value is -2.70. The first-order valence-corrected chi connectivity index (χ1v) is 16.4. The molecule has 1 aliphatic rings. The van der Waals surface area contributed by atoms with Crippen LogP contribution in [0.3, 0.4) is 0 Å². The summed E-state index contributed by atoms with van der Waals surface area (Å²) < 4.78 is 17.6. The van der Waals surface area contributed by atoms with Gasteiger partial charge in [-0.05, 0) is 68.1 Å². The molecule has 0 radical (unpaired) electrons. The Kier molecular flexibility index (Phi) is 11.7. The van der Waals surface area contributed by atoms with E-state index in [4.69, 9.17) is 37.4 Å². The summed E-state index contributed by atoms with van der Waals surface area (Å²) in [5.41, 5.74) is 3.79. The lowest BCUT2D eigenvalue weighted by Crippen LogP contribution is -2.31. The molecule has 5 rings (SSSR count). The van der Waals surface area contributed by atoms with Crippen LogP contribution in [0.15, 0.2) is 30.5 Å². The van der Waals surface area contributed by atoms with Gasteiger partial charge < -0.3 is 24.2 Å². The molecule has 44 heavy (non-hydrogen) atoms. The Morgan fingerprint density at radius 2 is 1.64 bits per heavy atom. The first-order valence-electron chi connectivity index (χ1n) is 14.0. The molecule has 8 nitrogen and oxygen atoms in total. The third-order valence-corrected chi connectivity index (χ3v) is 10.3. The maximum absolute atomic E-state index is 12.1. The van der Waals surface area contributed by atoms with E-state index in [2.05, 4.69) is 0 Å². The lowest BCUT2D eigenvalue weighted by atomic mass is 10.0. The van der Waals surface area contributed by atoms with Crippen molar-refractivity contribution in [2.24, 2.45) is 0 Å². The number of halogens is 2.